The highest BCUT2D eigenvalue weighted by molar-refractivity contribution is 6.03. The van der Waals surface area contributed by atoms with Gasteiger partial charge in [0.2, 0.25) is 0 Å². The van der Waals surface area contributed by atoms with Gasteiger partial charge in [-0.05, 0) is 43.3 Å². The van der Waals surface area contributed by atoms with E-state index in [0.29, 0.717) is 17.0 Å². The molecule has 0 aliphatic rings. The number of methoxy groups -OCH3 is 1. The van der Waals surface area contributed by atoms with E-state index in [-0.39, 0.29) is 11.7 Å². The van der Waals surface area contributed by atoms with Crippen LogP contribution in [0.2, 0.25) is 0 Å². The number of hydrogen-bond acceptors (Lipinski definition) is 4. The molecule has 3 rings (SSSR count). The summed E-state index contributed by atoms with van der Waals surface area (Å²) in [5, 5.41) is 2.57. The number of aryl methyl sites for hydroxylation is 1. The maximum Gasteiger partial charge on any atom is 0.298 e. The van der Waals surface area contributed by atoms with Crippen molar-refractivity contribution in [3.8, 4) is 11.4 Å². The zero-order valence-electron chi connectivity index (χ0n) is 13.9. The fraction of sp³-hybridized carbons (Fsp3) is 0.105. The average Bonchev–Trinajstić information content (AvgIpc) is 2.64. The van der Waals surface area contributed by atoms with E-state index in [4.69, 9.17) is 4.74 Å². The van der Waals surface area contributed by atoms with Crippen molar-refractivity contribution in [3.05, 3.63) is 82.4 Å². The number of ether oxygens (including phenoxy) is 1. The van der Waals surface area contributed by atoms with Crippen molar-refractivity contribution < 1.29 is 9.53 Å². The van der Waals surface area contributed by atoms with E-state index in [0.717, 1.165) is 5.56 Å². The van der Waals surface area contributed by atoms with Crippen LogP contribution in [-0.4, -0.2) is 22.6 Å². The van der Waals surface area contributed by atoms with Crippen molar-refractivity contribution >= 4 is 11.7 Å². The van der Waals surface area contributed by atoms with Gasteiger partial charge in [0, 0.05) is 23.6 Å². The maximum atomic E-state index is 12.6. The van der Waals surface area contributed by atoms with Gasteiger partial charge in [0.05, 0.1) is 7.11 Å². The highest BCUT2D eigenvalue weighted by atomic mass is 16.5. The summed E-state index contributed by atoms with van der Waals surface area (Å²) >= 11 is 0. The molecule has 0 saturated carbocycles. The normalized spacial score (nSPS) is 10.3. The van der Waals surface area contributed by atoms with Crippen molar-refractivity contribution in [2.75, 3.05) is 12.4 Å². The van der Waals surface area contributed by atoms with E-state index in [1.807, 2.05) is 19.1 Å². The summed E-state index contributed by atoms with van der Waals surface area (Å²) in [6, 6.07) is 14.1. The quantitative estimate of drug-likeness (QED) is 0.796. The average molecular weight is 335 g/mol. The lowest BCUT2D eigenvalue weighted by Crippen LogP contribution is -2.26. The fourth-order valence-electron chi connectivity index (χ4n) is 2.33. The molecule has 0 saturated heterocycles. The van der Waals surface area contributed by atoms with Crippen molar-refractivity contribution in [2.45, 2.75) is 6.92 Å². The van der Waals surface area contributed by atoms with Crippen LogP contribution in [0.25, 0.3) is 5.69 Å². The zero-order valence-corrected chi connectivity index (χ0v) is 13.9. The molecule has 0 bridgehead atoms. The third-order valence-electron chi connectivity index (χ3n) is 3.74. The number of hydrogen-bond donors (Lipinski definition) is 1. The predicted octanol–water partition coefficient (Wildman–Crippen LogP) is 2.80. The molecular formula is C19H17N3O3. The zero-order chi connectivity index (χ0) is 17.8. The second kappa shape index (κ2) is 7.00. The van der Waals surface area contributed by atoms with Gasteiger partial charge < -0.3 is 10.1 Å². The molecule has 1 N–H and O–H groups in total. The van der Waals surface area contributed by atoms with E-state index < -0.39 is 5.56 Å². The second-order valence-corrected chi connectivity index (χ2v) is 5.47. The summed E-state index contributed by atoms with van der Waals surface area (Å²) in [5.41, 5.74) is 1.76. The van der Waals surface area contributed by atoms with Gasteiger partial charge >= 0.3 is 0 Å². The van der Waals surface area contributed by atoms with Gasteiger partial charge in [-0.2, -0.15) is 0 Å². The Morgan fingerprint density at radius 3 is 2.40 bits per heavy atom. The second-order valence-electron chi connectivity index (χ2n) is 5.47. The van der Waals surface area contributed by atoms with Crippen LogP contribution >= 0.6 is 0 Å². The Balaban J connectivity index is 1.89. The Labute approximate surface area is 144 Å². The minimum atomic E-state index is -0.409. The van der Waals surface area contributed by atoms with E-state index in [9.17, 15) is 9.59 Å². The third kappa shape index (κ3) is 3.58. The number of anilines is 1. The first-order chi connectivity index (χ1) is 12.1. The number of nitrogens with one attached hydrogen (secondary N) is 1. The summed E-state index contributed by atoms with van der Waals surface area (Å²) in [5.74, 6) is 0.291. The topological polar surface area (TPSA) is 73.2 Å². The molecule has 25 heavy (non-hydrogen) atoms. The van der Waals surface area contributed by atoms with Crippen LogP contribution in [0.1, 0.15) is 15.9 Å². The number of carbonyl (C=O) groups is 1. The van der Waals surface area contributed by atoms with Crippen LogP contribution in [0.5, 0.6) is 5.75 Å². The van der Waals surface area contributed by atoms with Crippen LogP contribution < -0.4 is 15.6 Å². The molecule has 6 nitrogen and oxygen atoms in total. The van der Waals surface area contributed by atoms with Gasteiger partial charge in [0.1, 0.15) is 5.75 Å². The molecule has 3 aromatic rings. The first kappa shape index (κ1) is 16.4. The first-order valence-corrected chi connectivity index (χ1v) is 7.68. The van der Waals surface area contributed by atoms with Crippen LogP contribution in [-0.2, 0) is 0 Å². The predicted molar refractivity (Wildman–Crippen MR) is 95.5 cm³/mol. The highest BCUT2D eigenvalue weighted by Crippen LogP contribution is 2.14. The largest absolute Gasteiger partial charge is 0.497 e. The summed E-state index contributed by atoms with van der Waals surface area (Å²) in [4.78, 5) is 28.9. The summed E-state index contributed by atoms with van der Waals surface area (Å²) < 4.78 is 6.53. The molecule has 2 aromatic carbocycles. The van der Waals surface area contributed by atoms with Gasteiger partial charge in [0.25, 0.3) is 11.5 Å². The number of benzene rings is 2. The van der Waals surface area contributed by atoms with Crippen molar-refractivity contribution in [3.63, 3.8) is 0 Å². The molecule has 0 unspecified atom stereocenters. The standard InChI is InChI=1S/C19H17N3O3/c1-13-3-5-14(6-4-13)18(23)21-17-19(24)22(12-11-20-17)15-7-9-16(25-2)10-8-15/h3-12H,1-2H3,(H,20,21,23). The molecule has 0 fully saturated rings. The van der Waals surface area contributed by atoms with E-state index >= 15 is 0 Å². The molecule has 126 valence electrons. The first-order valence-electron chi connectivity index (χ1n) is 7.68. The molecule has 1 amide bonds. The minimum absolute atomic E-state index is 0.0242. The molecule has 0 spiro atoms. The summed E-state index contributed by atoms with van der Waals surface area (Å²) in [7, 11) is 1.58. The van der Waals surface area contributed by atoms with Gasteiger partial charge in [-0.1, -0.05) is 17.7 Å². The van der Waals surface area contributed by atoms with Crippen LogP contribution in [0.3, 0.4) is 0 Å². The SMILES string of the molecule is COc1ccc(-n2ccnc(NC(=O)c3ccc(C)cc3)c2=O)cc1. The van der Waals surface area contributed by atoms with Crippen LogP contribution in [0, 0.1) is 6.92 Å². The van der Waals surface area contributed by atoms with Crippen LogP contribution in [0.4, 0.5) is 5.82 Å². The summed E-state index contributed by atoms with van der Waals surface area (Å²) in [6.07, 6.45) is 3.02. The lowest BCUT2D eigenvalue weighted by molar-refractivity contribution is 0.102. The number of nitrogens with zero attached hydrogens (tertiary/aromatic N) is 2. The van der Waals surface area contributed by atoms with Gasteiger partial charge in [0.15, 0.2) is 5.82 Å². The molecule has 1 aromatic heterocycles. The Hall–Kier alpha value is -3.41. The molecule has 1 heterocycles. The third-order valence-corrected chi connectivity index (χ3v) is 3.74. The molecule has 0 atom stereocenters. The van der Waals surface area contributed by atoms with Crippen molar-refractivity contribution in [1.29, 1.82) is 0 Å². The molecule has 0 aliphatic heterocycles. The van der Waals surface area contributed by atoms with Crippen LogP contribution in [0.15, 0.2) is 65.7 Å². The van der Waals surface area contributed by atoms with E-state index in [1.165, 1.54) is 10.8 Å². The smallest absolute Gasteiger partial charge is 0.298 e. The van der Waals surface area contributed by atoms with E-state index in [2.05, 4.69) is 10.3 Å². The summed E-state index contributed by atoms with van der Waals surface area (Å²) in [6.45, 7) is 1.94. The Kier molecular flexibility index (Phi) is 4.61. The number of aromatic nitrogens is 2. The molecule has 6 heteroatoms. The maximum absolute atomic E-state index is 12.6. The molecule has 0 radical (unpaired) electrons. The Bertz CT molecular complexity index is 945. The van der Waals surface area contributed by atoms with Crippen molar-refractivity contribution in [1.82, 2.24) is 9.55 Å². The van der Waals surface area contributed by atoms with Gasteiger partial charge in [-0.3, -0.25) is 14.2 Å². The molecular weight excluding hydrogens is 318 g/mol. The highest BCUT2D eigenvalue weighted by Gasteiger charge is 2.11. The Morgan fingerprint density at radius 2 is 1.76 bits per heavy atom. The number of carbonyl (C=O) groups excluding carboxylic acids is 1. The Morgan fingerprint density at radius 1 is 1.08 bits per heavy atom. The number of rotatable bonds is 4. The monoisotopic (exact) mass is 335 g/mol. The van der Waals surface area contributed by atoms with Crippen molar-refractivity contribution in [2.24, 2.45) is 0 Å². The minimum Gasteiger partial charge on any atom is -0.497 e. The molecule has 0 aliphatic carbocycles. The lowest BCUT2D eigenvalue weighted by Gasteiger charge is -2.09. The van der Waals surface area contributed by atoms with Gasteiger partial charge in [-0.25, -0.2) is 4.98 Å². The lowest BCUT2D eigenvalue weighted by atomic mass is 10.1. The van der Waals surface area contributed by atoms with Gasteiger partial charge in [-0.15, -0.1) is 0 Å². The fourth-order valence-corrected chi connectivity index (χ4v) is 2.33. The number of amides is 1. The van der Waals surface area contributed by atoms with E-state index in [1.54, 1.807) is 49.7 Å².